The molecule has 6 nitrogen and oxygen atoms in total. The topological polar surface area (TPSA) is 90.4 Å². The van der Waals surface area contributed by atoms with Crippen LogP contribution < -0.4 is 11.0 Å². The van der Waals surface area contributed by atoms with Gasteiger partial charge in [-0.15, -0.1) is 0 Å². The number of nitrogens with zero attached hydrogens (tertiary/aromatic N) is 2. The van der Waals surface area contributed by atoms with Crippen LogP contribution in [-0.4, -0.2) is 21.3 Å². The Labute approximate surface area is 126 Å². The largest absolute Gasteiger partial charge is 0.507 e. The van der Waals surface area contributed by atoms with Crippen molar-refractivity contribution in [1.82, 2.24) is 9.97 Å². The summed E-state index contributed by atoms with van der Waals surface area (Å²) < 4.78 is 0. The predicted molar refractivity (Wildman–Crippen MR) is 86.4 cm³/mol. The van der Waals surface area contributed by atoms with E-state index in [9.17, 15) is 9.90 Å². The van der Waals surface area contributed by atoms with Crippen LogP contribution in [0.3, 0.4) is 0 Å². The number of aromatic hydroxyl groups is 1. The minimum absolute atomic E-state index is 0.134. The first-order chi connectivity index (χ1) is 10.6. The zero-order chi connectivity index (χ0) is 15.5. The highest BCUT2D eigenvalue weighted by Crippen LogP contribution is 2.25. The van der Waals surface area contributed by atoms with Crippen molar-refractivity contribution in [3.8, 4) is 5.75 Å². The van der Waals surface area contributed by atoms with E-state index in [0.29, 0.717) is 11.3 Å². The molecule has 0 spiro atoms. The Bertz CT molecular complexity index is 915. The van der Waals surface area contributed by atoms with Gasteiger partial charge >= 0.3 is 0 Å². The van der Waals surface area contributed by atoms with E-state index < -0.39 is 0 Å². The molecule has 1 aromatic heterocycles. The van der Waals surface area contributed by atoms with E-state index >= 15 is 0 Å². The van der Waals surface area contributed by atoms with Crippen molar-refractivity contribution in [2.24, 2.45) is 5.10 Å². The molecular formula is C16H14N4O2. The molecule has 0 radical (unpaired) electrons. The number of rotatable bonds is 3. The minimum atomic E-state index is -0.252. The normalized spacial score (nSPS) is 11.1. The first-order valence-electron chi connectivity index (χ1n) is 6.71. The summed E-state index contributed by atoms with van der Waals surface area (Å²) in [4.78, 5) is 18.0. The van der Waals surface area contributed by atoms with E-state index in [1.165, 1.54) is 12.3 Å². The Morgan fingerprint density at radius 3 is 2.91 bits per heavy atom. The average Bonchev–Trinajstić information content (AvgIpc) is 2.48. The number of H-pyrrole nitrogens is 1. The first-order valence-corrected chi connectivity index (χ1v) is 6.71. The summed E-state index contributed by atoms with van der Waals surface area (Å²) in [6, 6.07) is 12.5. The third kappa shape index (κ3) is 2.80. The lowest BCUT2D eigenvalue weighted by atomic mass is 10.0. The number of hydrogen-bond acceptors (Lipinski definition) is 5. The average molecular weight is 294 g/mol. The molecule has 3 rings (SSSR count). The number of aromatic amines is 1. The van der Waals surface area contributed by atoms with E-state index in [2.05, 4.69) is 20.5 Å². The van der Waals surface area contributed by atoms with Gasteiger partial charge in [0.2, 0.25) is 5.95 Å². The summed E-state index contributed by atoms with van der Waals surface area (Å²) in [5.41, 5.74) is 3.60. The Kier molecular flexibility index (Phi) is 3.57. The number of aryl methyl sites for hydroxylation is 1. The molecule has 0 aliphatic heterocycles. The van der Waals surface area contributed by atoms with Crippen LogP contribution in [0.25, 0.3) is 10.8 Å². The first kappa shape index (κ1) is 13.8. The molecule has 3 N–H and O–H groups in total. The number of anilines is 1. The monoisotopic (exact) mass is 294 g/mol. The van der Waals surface area contributed by atoms with Gasteiger partial charge in [-0.25, -0.2) is 10.4 Å². The van der Waals surface area contributed by atoms with Gasteiger partial charge in [-0.3, -0.25) is 9.78 Å². The van der Waals surface area contributed by atoms with Crippen molar-refractivity contribution in [1.29, 1.82) is 0 Å². The zero-order valence-electron chi connectivity index (χ0n) is 11.9. The summed E-state index contributed by atoms with van der Waals surface area (Å²) in [6.07, 6.45) is 1.50. The van der Waals surface area contributed by atoms with E-state index in [1.54, 1.807) is 13.0 Å². The molecule has 6 heteroatoms. The van der Waals surface area contributed by atoms with Crippen LogP contribution in [0.1, 0.15) is 11.3 Å². The number of nitrogens with one attached hydrogen (secondary N) is 2. The van der Waals surface area contributed by atoms with E-state index in [-0.39, 0.29) is 17.3 Å². The molecule has 0 amide bonds. The van der Waals surface area contributed by atoms with Gasteiger partial charge in [0.1, 0.15) is 5.75 Å². The molecule has 0 bridgehead atoms. The number of hydrazone groups is 1. The van der Waals surface area contributed by atoms with Crippen molar-refractivity contribution in [3.63, 3.8) is 0 Å². The SMILES string of the molecule is Cc1cc(=O)[nH]c(N/N=C\c2c(O)ccc3ccccc23)n1. The quantitative estimate of drug-likeness (QED) is 0.511. The van der Waals surface area contributed by atoms with Crippen molar-refractivity contribution in [2.45, 2.75) is 6.92 Å². The molecule has 0 aliphatic carbocycles. The van der Waals surface area contributed by atoms with Crippen molar-refractivity contribution in [2.75, 3.05) is 5.43 Å². The van der Waals surface area contributed by atoms with Gasteiger partial charge in [-0.05, 0) is 23.8 Å². The maximum Gasteiger partial charge on any atom is 0.252 e. The summed E-state index contributed by atoms with van der Waals surface area (Å²) in [5, 5.41) is 15.9. The number of phenols is 1. The number of fused-ring (bicyclic) bond motifs is 1. The van der Waals surface area contributed by atoms with Crippen LogP contribution in [0.15, 0.2) is 52.4 Å². The molecule has 0 atom stereocenters. The van der Waals surface area contributed by atoms with Gasteiger partial charge in [0.25, 0.3) is 5.56 Å². The molecule has 3 aromatic rings. The van der Waals surface area contributed by atoms with Gasteiger partial charge in [-0.1, -0.05) is 30.3 Å². The maximum absolute atomic E-state index is 11.3. The van der Waals surface area contributed by atoms with E-state index in [0.717, 1.165) is 10.8 Å². The summed E-state index contributed by atoms with van der Waals surface area (Å²) in [7, 11) is 0. The minimum Gasteiger partial charge on any atom is -0.507 e. The van der Waals surface area contributed by atoms with E-state index in [4.69, 9.17) is 0 Å². The van der Waals surface area contributed by atoms with Crippen molar-refractivity contribution >= 4 is 22.9 Å². The standard InChI is InChI=1S/C16H14N4O2/c1-10-8-15(22)19-16(18-10)20-17-9-13-12-5-3-2-4-11(12)6-7-14(13)21/h2-9,21H,1H3,(H2,18,19,20,22)/b17-9-. The van der Waals surface area contributed by atoms with Crippen LogP contribution in [0.4, 0.5) is 5.95 Å². The zero-order valence-corrected chi connectivity index (χ0v) is 11.9. The highest BCUT2D eigenvalue weighted by Gasteiger charge is 2.04. The number of benzene rings is 2. The van der Waals surface area contributed by atoms with Gasteiger partial charge in [0.15, 0.2) is 0 Å². The molecule has 0 saturated heterocycles. The number of aromatic nitrogens is 2. The van der Waals surface area contributed by atoms with Crippen molar-refractivity contribution in [3.05, 3.63) is 64.1 Å². The van der Waals surface area contributed by atoms with Gasteiger partial charge in [0, 0.05) is 17.3 Å². The van der Waals surface area contributed by atoms with Gasteiger partial charge in [0.05, 0.1) is 6.21 Å². The predicted octanol–water partition coefficient (Wildman–Crippen LogP) is 2.38. The Morgan fingerprint density at radius 2 is 2.09 bits per heavy atom. The fourth-order valence-corrected chi connectivity index (χ4v) is 2.21. The molecule has 0 aliphatic rings. The third-order valence-electron chi connectivity index (χ3n) is 3.18. The lowest BCUT2D eigenvalue weighted by Gasteiger charge is -2.05. The highest BCUT2D eigenvalue weighted by molar-refractivity contribution is 6.02. The summed E-state index contributed by atoms with van der Waals surface area (Å²) in [6.45, 7) is 1.72. The van der Waals surface area contributed by atoms with Crippen LogP contribution in [-0.2, 0) is 0 Å². The van der Waals surface area contributed by atoms with E-state index in [1.807, 2.05) is 30.3 Å². The van der Waals surface area contributed by atoms with Crippen LogP contribution in [0.5, 0.6) is 5.75 Å². The second kappa shape index (κ2) is 5.69. The third-order valence-corrected chi connectivity index (χ3v) is 3.18. The smallest absolute Gasteiger partial charge is 0.252 e. The molecule has 2 aromatic carbocycles. The number of phenolic OH excluding ortho intramolecular Hbond substituents is 1. The Balaban J connectivity index is 1.92. The Hall–Kier alpha value is -3.15. The fraction of sp³-hybridized carbons (Fsp3) is 0.0625. The molecule has 110 valence electrons. The maximum atomic E-state index is 11.3. The lowest BCUT2D eigenvalue weighted by Crippen LogP contribution is -2.10. The van der Waals surface area contributed by atoms with Crippen LogP contribution >= 0.6 is 0 Å². The second-order valence-corrected chi connectivity index (χ2v) is 4.82. The second-order valence-electron chi connectivity index (χ2n) is 4.82. The highest BCUT2D eigenvalue weighted by atomic mass is 16.3. The summed E-state index contributed by atoms with van der Waals surface area (Å²) in [5.74, 6) is 0.385. The summed E-state index contributed by atoms with van der Waals surface area (Å²) >= 11 is 0. The van der Waals surface area contributed by atoms with Crippen LogP contribution in [0.2, 0.25) is 0 Å². The van der Waals surface area contributed by atoms with Gasteiger partial charge < -0.3 is 5.11 Å². The van der Waals surface area contributed by atoms with Gasteiger partial charge in [-0.2, -0.15) is 5.10 Å². The molecule has 0 fully saturated rings. The van der Waals surface area contributed by atoms with Crippen LogP contribution in [0, 0.1) is 6.92 Å². The molecular weight excluding hydrogens is 280 g/mol. The fourth-order valence-electron chi connectivity index (χ4n) is 2.21. The molecule has 1 heterocycles. The van der Waals surface area contributed by atoms with Crippen molar-refractivity contribution < 1.29 is 5.11 Å². The molecule has 22 heavy (non-hydrogen) atoms. The molecule has 0 saturated carbocycles. The number of hydrogen-bond donors (Lipinski definition) is 3. The Morgan fingerprint density at radius 1 is 1.27 bits per heavy atom. The lowest BCUT2D eigenvalue weighted by molar-refractivity contribution is 0.475. The molecule has 0 unspecified atom stereocenters.